The van der Waals surface area contributed by atoms with E-state index in [0.29, 0.717) is 6.04 Å². The Labute approximate surface area is 112 Å². The second kappa shape index (κ2) is 5.09. The van der Waals surface area contributed by atoms with Gasteiger partial charge in [-0.2, -0.15) is 0 Å². The molecule has 0 spiro atoms. The van der Waals surface area contributed by atoms with Crippen LogP contribution in [0.2, 0.25) is 0 Å². The highest BCUT2D eigenvalue weighted by atomic mass is 79.9. The highest BCUT2D eigenvalue weighted by Gasteiger charge is 2.44. The Morgan fingerprint density at radius 2 is 1.88 bits per heavy atom. The Bertz CT molecular complexity index is 363. The van der Waals surface area contributed by atoms with Crippen LogP contribution in [0.15, 0.2) is 28.7 Å². The van der Waals surface area contributed by atoms with Crippen LogP contribution < -0.4 is 5.73 Å². The van der Waals surface area contributed by atoms with Crippen molar-refractivity contribution >= 4 is 15.9 Å². The minimum atomic E-state index is 0.289. The van der Waals surface area contributed by atoms with E-state index in [1.165, 1.54) is 24.8 Å². The molecule has 3 heteroatoms. The van der Waals surface area contributed by atoms with Crippen molar-refractivity contribution in [3.05, 3.63) is 34.3 Å². The van der Waals surface area contributed by atoms with Crippen molar-refractivity contribution in [1.29, 1.82) is 0 Å². The zero-order valence-corrected chi connectivity index (χ0v) is 12.2. The number of halogens is 1. The predicted octanol–water partition coefficient (Wildman–Crippen LogP) is 3.18. The predicted molar refractivity (Wildman–Crippen MR) is 75.9 cm³/mol. The first-order chi connectivity index (χ1) is 8.09. The molecule has 2 N–H and O–H groups in total. The highest BCUT2D eigenvalue weighted by Crippen LogP contribution is 2.51. The van der Waals surface area contributed by atoms with Crippen LogP contribution in [0.25, 0.3) is 0 Å². The van der Waals surface area contributed by atoms with Crippen LogP contribution in [-0.2, 0) is 0 Å². The first-order valence-electron chi connectivity index (χ1n) is 6.21. The molecule has 2 nitrogen and oxygen atoms in total. The minimum Gasteiger partial charge on any atom is -0.330 e. The Balaban J connectivity index is 2.32. The first-order valence-corrected chi connectivity index (χ1v) is 7.00. The average molecular weight is 297 g/mol. The standard InChI is InChI=1S/C14H21BrN2/c1-17(2)13(14(10-16)8-3-9-14)11-4-6-12(15)7-5-11/h4-7,13H,3,8-10,16H2,1-2H3. The van der Waals surface area contributed by atoms with E-state index in [4.69, 9.17) is 5.73 Å². The summed E-state index contributed by atoms with van der Waals surface area (Å²) >= 11 is 3.49. The SMILES string of the molecule is CN(C)C(c1ccc(Br)cc1)C1(CN)CCC1. The second-order valence-corrected chi connectivity index (χ2v) is 6.25. The molecule has 0 saturated heterocycles. The van der Waals surface area contributed by atoms with Crippen LogP contribution in [0, 0.1) is 5.41 Å². The molecule has 17 heavy (non-hydrogen) atoms. The highest BCUT2D eigenvalue weighted by molar-refractivity contribution is 9.10. The molecule has 0 bridgehead atoms. The van der Waals surface area contributed by atoms with Gasteiger partial charge in [-0.3, -0.25) is 0 Å². The Morgan fingerprint density at radius 3 is 2.24 bits per heavy atom. The lowest BCUT2D eigenvalue weighted by molar-refractivity contribution is 0.0282. The van der Waals surface area contributed by atoms with Crippen molar-refractivity contribution in [3.63, 3.8) is 0 Å². The van der Waals surface area contributed by atoms with Gasteiger partial charge in [0.25, 0.3) is 0 Å². The van der Waals surface area contributed by atoms with Crippen molar-refractivity contribution in [2.75, 3.05) is 20.6 Å². The van der Waals surface area contributed by atoms with Crippen LogP contribution in [0.5, 0.6) is 0 Å². The fourth-order valence-corrected chi connectivity index (χ4v) is 3.33. The molecule has 2 rings (SSSR count). The Morgan fingerprint density at radius 1 is 1.29 bits per heavy atom. The van der Waals surface area contributed by atoms with E-state index >= 15 is 0 Å². The van der Waals surface area contributed by atoms with E-state index in [1.807, 2.05) is 0 Å². The summed E-state index contributed by atoms with van der Waals surface area (Å²) in [5, 5.41) is 0. The molecule has 1 aromatic rings. The zero-order chi connectivity index (χ0) is 12.5. The lowest BCUT2D eigenvalue weighted by Crippen LogP contribution is -2.47. The van der Waals surface area contributed by atoms with E-state index in [2.05, 4.69) is 59.2 Å². The molecule has 1 fully saturated rings. The molecule has 0 heterocycles. The fourth-order valence-electron chi connectivity index (χ4n) is 3.06. The molecule has 0 amide bonds. The van der Waals surface area contributed by atoms with Crippen molar-refractivity contribution in [1.82, 2.24) is 4.90 Å². The molecule has 1 aliphatic carbocycles. The smallest absolute Gasteiger partial charge is 0.0410 e. The maximum absolute atomic E-state index is 6.04. The second-order valence-electron chi connectivity index (χ2n) is 5.34. The lowest BCUT2D eigenvalue weighted by Gasteiger charge is -2.50. The molecular formula is C14H21BrN2. The largest absolute Gasteiger partial charge is 0.330 e. The summed E-state index contributed by atoms with van der Waals surface area (Å²) < 4.78 is 1.13. The number of hydrogen-bond acceptors (Lipinski definition) is 2. The van der Waals surface area contributed by atoms with E-state index < -0.39 is 0 Å². The van der Waals surface area contributed by atoms with Gasteiger partial charge in [0, 0.05) is 15.9 Å². The minimum absolute atomic E-state index is 0.289. The van der Waals surface area contributed by atoms with Gasteiger partial charge < -0.3 is 10.6 Å². The maximum Gasteiger partial charge on any atom is 0.0410 e. The zero-order valence-electron chi connectivity index (χ0n) is 10.6. The molecule has 0 radical (unpaired) electrons. The first kappa shape index (κ1) is 13.1. The van der Waals surface area contributed by atoms with Gasteiger partial charge in [-0.15, -0.1) is 0 Å². The van der Waals surface area contributed by atoms with Gasteiger partial charge in [-0.25, -0.2) is 0 Å². The van der Waals surface area contributed by atoms with Gasteiger partial charge in [-0.05, 0) is 51.2 Å². The topological polar surface area (TPSA) is 29.3 Å². The summed E-state index contributed by atoms with van der Waals surface area (Å²) in [6.45, 7) is 0.784. The molecule has 0 aromatic heterocycles. The molecule has 0 aliphatic heterocycles. The van der Waals surface area contributed by atoms with Crippen molar-refractivity contribution in [2.45, 2.75) is 25.3 Å². The van der Waals surface area contributed by atoms with Crippen molar-refractivity contribution in [2.24, 2.45) is 11.1 Å². The average Bonchev–Trinajstić information content (AvgIpc) is 2.24. The third-order valence-electron chi connectivity index (χ3n) is 4.04. The number of benzene rings is 1. The van der Waals surface area contributed by atoms with Gasteiger partial charge in [0.05, 0.1) is 0 Å². The summed E-state index contributed by atoms with van der Waals surface area (Å²) in [7, 11) is 4.31. The summed E-state index contributed by atoms with van der Waals surface area (Å²) in [5.74, 6) is 0. The summed E-state index contributed by atoms with van der Waals surface area (Å²) in [6, 6.07) is 9.10. The third kappa shape index (κ3) is 2.42. The van der Waals surface area contributed by atoms with Gasteiger partial charge in [-0.1, -0.05) is 34.5 Å². The normalized spacial score (nSPS) is 20.1. The van der Waals surface area contributed by atoms with Crippen LogP contribution in [0.4, 0.5) is 0 Å². The molecule has 1 saturated carbocycles. The van der Waals surface area contributed by atoms with Gasteiger partial charge in [0.1, 0.15) is 0 Å². The van der Waals surface area contributed by atoms with Gasteiger partial charge >= 0.3 is 0 Å². The number of nitrogens with zero attached hydrogens (tertiary/aromatic N) is 1. The fraction of sp³-hybridized carbons (Fsp3) is 0.571. The molecule has 1 atom stereocenters. The number of nitrogens with two attached hydrogens (primary N) is 1. The molecular weight excluding hydrogens is 276 g/mol. The van der Waals surface area contributed by atoms with Crippen LogP contribution in [-0.4, -0.2) is 25.5 Å². The number of hydrogen-bond donors (Lipinski definition) is 1. The molecule has 1 aromatic carbocycles. The van der Waals surface area contributed by atoms with Gasteiger partial charge in [0.2, 0.25) is 0 Å². The van der Waals surface area contributed by atoms with E-state index in [0.717, 1.165) is 11.0 Å². The summed E-state index contributed by atoms with van der Waals surface area (Å²) in [5.41, 5.74) is 7.71. The number of rotatable bonds is 4. The van der Waals surface area contributed by atoms with E-state index in [9.17, 15) is 0 Å². The van der Waals surface area contributed by atoms with E-state index in [1.54, 1.807) is 0 Å². The molecule has 94 valence electrons. The maximum atomic E-state index is 6.04. The van der Waals surface area contributed by atoms with Crippen LogP contribution in [0.3, 0.4) is 0 Å². The monoisotopic (exact) mass is 296 g/mol. The Kier molecular flexibility index (Phi) is 3.91. The Hall–Kier alpha value is -0.380. The van der Waals surface area contributed by atoms with Gasteiger partial charge in [0.15, 0.2) is 0 Å². The van der Waals surface area contributed by atoms with Crippen LogP contribution in [0.1, 0.15) is 30.9 Å². The van der Waals surface area contributed by atoms with Crippen molar-refractivity contribution in [3.8, 4) is 0 Å². The molecule has 1 unspecified atom stereocenters. The summed E-state index contributed by atoms with van der Waals surface area (Å²) in [6.07, 6.45) is 3.82. The van der Waals surface area contributed by atoms with Crippen molar-refractivity contribution < 1.29 is 0 Å². The van der Waals surface area contributed by atoms with E-state index in [-0.39, 0.29) is 5.41 Å². The van der Waals surface area contributed by atoms with Crippen LogP contribution >= 0.6 is 15.9 Å². The summed E-state index contributed by atoms with van der Waals surface area (Å²) in [4.78, 5) is 2.31. The third-order valence-corrected chi connectivity index (χ3v) is 4.57. The molecule has 1 aliphatic rings. The lowest BCUT2D eigenvalue weighted by atomic mass is 9.62. The quantitative estimate of drug-likeness (QED) is 0.925.